The molecule has 2 N–H and O–H groups in total. The third-order valence-electron chi connectivity index (χ3n) is 4.36. The fraction of sp³-hybridized carbons (Fsp3) is 0.190. The van der Waals surface area contributed by atoms with Crippen LogP contribution in [0.5, 0.6) is 0 Å². The number of anilines is 3. The number of aromatic nitrogens is 2. The number of esters is 1. The number of halogens is 1. The van der Waals surface area contributed by atoms with E-state index in [4.69, 9.17) is 16.3 Å². The van der Waals surface area contributed by atoms with Gasteiger partial charge in [0.25, 0.3) is 0 Å². The molecule has 1 aromatic heterocycles. The minimum absolute atomic E-state index is 0.406. The molecule has 142 valence electrons. The highest BCUT2D eigenvalue weighted by molar-refractivity contribution is 6.33. The van der Waals surface area contributed by atoms with Crippen molar-refractivity contribution < 1.29 is 9.53 Å². The monoisotopic (exact) mass is 394 g/mol. The van der Waals surface area contributed by atoms with E-state index in [0.29, 0.717) is 34.1 Å². The second-order valence-corrected chi connectivity index (χ2v) is 6.97. The summed E-state index contributed by atoms with van der Waals surface area (Å²) < 4.78 is 4.78. The summed E-state index contributed by atoms with van der Waals surface area (Å²) in [5.41, 5.74) is 2.76. The van der Waals surface area contributed by atoms with Crippen LogP contribution in [0.4, 0.5) is 17.5 Å². The zero-order valence-corrected chi connectivity index (χ0v) is 16.0. The van der Waals surface area contributed by atoms with Gasteiger partial charge in [-0.15, -0.1) is 0 Å². The lowest BCUT2D eigenvalue weighted by molar-refractivity contribution is 0.0601. The van der Waals surface area contributed by atoms with Crippen molar-refractivity contribution in [2.24, 2.45) is 0 Å². The number of hydrogen-bond acceptors (Lipinski definition) is 6. The Bertz CT molecular complexity index is 1010. The van der Waals surface area contributed by atoms with Crippen molar-refractivity contribution in [2.45, 2.75) is 18.9 Å². The van der Waals surface area contributed by atoms with Crippen molar-refractivity contribution in [1.82, 2.24) is 9.97 Å². The Morgan fingerprint density at radius 2 is 1.89 bits per heavy atom. The second-order valence-electron chi connectivity index (χ2n) is 6.56. The largest absolute Gasteiger partial charge is 0.465 e. The summed E-state index contributed by atoms with van der Waals surface area (Å²) in [6.45, 7) is 0. The summed E-state index contributed by atoms with van der Waals surface area (Å²) >= 11 is 6.31. The van der Waals surface area contributed by atoms with Gasteiger partial charge in [0.1, 0.15) is 5.82 Å². The lowest BCUT2D eigenvalue weighted by Gasteiger charge is -2.13. The molecule has 0 spiro atoms. The van der Waals surface area contributed by atoms with Crippen molar-refractivity contribution >= 4 is 35.0 Å². The summed E-state index contributed by atoms with van der Waals surface area (Å²) in [4.78, 5) is 21.0. The maximum atomic E-state index is 11.8. The maximum absolute atomic E-state index is 11.8. The molecule has 0 aliphatic heterocycles. The topological polar surface area (TPSA) is 76.1 Å². The number of carbonyl (C=O) groups is 1. The van der Waals surface area contributed by atoms with Crippen LogP contribution in [-0.2, 0) is 4.74 Å². The van der Waals surface area contributed by atoms with Crippen molar-refractivity contribution in [2.75, 3.05) is 17.7 Å². The van der Waals surface area contributed by atoms with Crippen LogP contribution in [0.3, 0.4) is 0 Å². The van der Waals surface area contributed by atoms with Gasteiger partial charge in [0.2, 0.25) is 5.95 Å². The molecule has 0 atom stereocenters. The van der Waals surface area contributed by atoms with Crippen LogP contribution in [0.15, 0.2) is 54.6 Å². The molecule has 4 rings (SSSR count). The Labute approximate surface area is 167 Å². The Kier molecular flexibility index (Phi) is 5.12. The third-order valence-corrected chi connectivity index (χ3v) is 4.69. The molecule has 1 heterocycles. The van der Waals surface area contributed by atoms with Gasteiger partial charge in [-0.25, -0.2) is 9.78 Å². The molecule has 1 aliphatic carbocycles. The molecular formula is C21H19ClN4O2. The van der Waals surface area contributed by atoms with Crippen molar-refractivity contribution in [3.05, 3.63) is 65.2 Å². The number of methoxy groups -OCH3 is 1. The zero-order valence-electron chi connectivity index (χ0n) is 15.3. The standard InChI is InChI=1S/C21H19ClN4O2/c1-28-20(27)14-7-10-16(22)18(11-14)24-19-12-17(13-5-3-2-4-6-13)25-21(26-19)23-15-8-9-15/h2-7,10-12,15H,8-9H2,1H3,(H2,23,24,25,26). The summed E-state index contributed by atoms with van der Waals surface area (Å²) in [5.74, 6) is 0.719. The fourth-order valence-electron chi connectivity index (χ4n) is 2.75. The number of carbonyl (C=O) groups excluding carboxylic acids is 1. The molecule has 1 aliphatic rings. The Morgan fingerprint density at radius 3 is 2.61 bits per heavy atom. The van der Waals surface area contributed by atoms with Crippen LogP contribution >= 0.6 is 11.6 Å². The minimum atomic E-state index is -0.427. The number of rotatable bonds is 6. The summed E-state index contributed by atoms with van der Waals surface area (Å²) in [6, 6.07) is 17.1. The van der Waals surface area contributed by atoms with E-state index < -0.39 is 5.97 Å². The first-order valence-electron chi connectivity index (χ1n) is 8.98. The maximum Gasteiger partial charge on any atom is 0.337 e. The molecule has 6 nitrogen and oxygen atoms in total. The van der Waals surface area contributed by atoms with E-state index in [1.165, 1.54) is 7.11 Å². The smallest absolute Gasteiger partial charge is 0.337 e. The molecule has 28 heavy (non-hydrogen) atoms. The van der Waals surface area contributed by atoms with E-state index in [0.717, 1.165) is 24.1 Å². The number of nitrogens with one attached hydrogen (secondary N) is 2. The second kappa shape index (κ2) is 7.86. The molecule has 2 aromatic carbocycles. The lowest BCUT2D eigenvalue weighted by atomic mass is 10.1. The predicted octanol–water partition coefficient (Wildman–Crippen LogP) is 4.90. The number of ether oxygens (including phenoxy) is 1. The fourth-order valence-corrected chi connectivity index (χ4v) is 2.91. The summed E-state index contributed by atoms with van der Waals surface area (Å²) in [6.07, 6.45) is 2.24. The SMILES string of the molecule is COC(=O)c1ccc(Cl)c(Nc2cc(-c3ccccc3)nc(NC3CC3)n2)c1. The average molecular weight is 395 g/mol. The molecule has 1 fully saturated rings. The number of hydrogen-bond donors (Lipinski definition) is 2. The molecule has 0 saturated heterocycles. The number of nitrogens with zero attached hydrogens (tertiary/aromatic N) is 2. The molecule has 3 aromatic rings. The van der Waals surface area contributed by atoms with Crippen LogP contribution in [0, 0.1) is 0 Å². The van der Waals surface area contributed by atoms with Crippen LogP contribution in [-0.4, -0.2) is 29.1 Å². The van der Waals surface area contributed by atoms with Gasteiger partial charge in [0.15, 0.2) is 0 Å². The van der Waals surface area contributed by atoms with Crippen molar-refractivity contribution in [3.63, 3.8) is 0 Å². The quantitative estimate of drug-likeness (QED) is 0.579. The van der Waals surface area contributed by atoms with E-state index in [1.807, 2.05) is 36.4 Å². The van der Waals surface area contributed by atoms with Crippen molar-refractivity contribution in [3.8, 4) is 11.3 Å². The third kappa shape index (κ3) is 4.23. The zero-order chi connectivity index (χ0) is 19.5. The van der Waals surface area contributed by atoms with Crippen LogP contribution in [0.2, 0.25) is 5.02 Å². The first-order chi connectivity index (χ1) is 13.6. The highest BCUT2D eigenvalue weighted by atomic mass is 35.5. The van der Waals surface area contributed by atoms with E-state index in [1.54, 1.807) is 18.2 Å². The van der Waals surface area contributed by atoms with Crippen LogP contribution < -0.4 is 10.6 Å². The van der Waals surface area contributed by atoms with E-state index in [2.05, 4.69) is 20.6 Å². The van der Waals surface area contributed by atoms with Gasteiger partial charge in [-0.3, -0.25) is 0 Å². The van der Waals surface area contributed by atoms with Gasteiger partial charge >= 0.3 is 5.97 Å². The summed E-state index contributed by atoms with van der Waals surface area (Å²) in [7, 11) is 1.34. The van der Waals surface area contributed by atoms with Gasteiger partial charge in [-0.2, -0.15) is 4.98 Å². The molecule has 0 amide bonds. The number of benzene rings is 2. The highest BCUT2D eigenvalue weighted by Crippen LogP contribution is 2.30. The normalized spacial score (nSPS) is 13.1. The molecule has 0 radical (unpaired) electrons. The predicted molar refractivity (Wildman–Crippen MR) is 110 cm³/mol. The first kappa shape index (κ1) is 18.3. The van der Waals surface area contributed by atoms with E-state index >= 15 is 0 Å². The molecule has 0 bridgehead atoms. The molecular weight excluding hydrogens is 376 g/mol. The van der Waals surface area contributed by atoms with Gasteiger partial charge in [0, 0.05) is 17.7 Å². The molecule has 7 heteroatoms. The van der Waals surface area contributed by atoms with Gasteiger partial charge in [-0.05, 0) is 31.0 Å². The molecule has 1 saturated carbocycles. The average Bonchev–Trinajstić information content (AvgIpc) is 3.53. The van der Waals surface area contributed by atoms with Crippen molar-refractivity contribution in [1.29, 1.82) is 0 Å². The van der Waals surface area contributed by atoms with E-state index in [-0.39, 0.29) is 0 Å². The summed E-state index contributed by atoms with van der Waals surface area (Å²) in [5, 5.41) is 7.02. The lowest BCUT2D eigenvalue weighted by Crippen LogP contribution is -2.08. The van der Waals surface area contributed by atoms with Crippen LogP contribution in [0.25, 0.3) is 11.3 Å². The van der Waals surface area contributed by atoms with Gasteiger partial charge < -0.3 is 15.4 Å². The highest BCUT2D eigenvalue weighted by Gasteiger charge is 2.22. The Balaban J connectivity index is 1.69. The Morgan fingerprint density at radius 1 is 1.11 bits per heavy atom. The Hall–Kier alpha value is -3.12. The van der Waals surface area contributed by atoms with Gasteiger partial charge in [0.05, 0.1) is 29.1 Å². The molecule has 0 unspecified atom stereocenters. The van der Waals surface area contributed by atoms with Crippen LogP contribution in [0.1, 0.15) is 23.2 Å². The van der Waals surface area contributed by atoms with E-state index in [9.17, 15) is 4.79 Å². The minimum Gasteiger partial charge on any atom is -0.465 e. The first-order valence-corrected chi connectivity index (χ1v) is 9.36. The van der Waals surface area contributed by atoms with Gasteiger partial charge in [-0.1, -0.05) is 41.9 Å².